The molecule has 6 nitrogen and oxygen atoms in total. The minimum atomic E-state index is 0.409. The summed E-state index contributed by atoms with van der Waals surface area (Å²) in [5.41, 5.74) is 1.73. The average Bonchev–Trinajstić information content (AvgIpc) is 3.02. The molecule has 3 aromatic rings. The van der Waals surface area contributed by atoms with Crippen molar-refractivity contribution < 1.29 is 9.47 Å². The first-order valence-corrected chi connectivity index (χ1v) is 8.80. The van der Waals surface area contributed by atoms with Gasteiger partial charge in [-0.25, -0.2) is 5.10 Å². The third-order valence-corrected chi connectivity index (χ3v) is 3.85. The van der Waals surface area contributed by atoms with Crippen molar-refractivity contribution in [3.8, 4) is 22.9 Å². The van der Waals surface area contributed by atoms with Crippen LogP contribution in [-0.2, 0) is 0 Å². The van der Waals surface area contributed by atoms with Gasteiger partial charge in [-0.15, -0.1) is 0 Å². The fourth-order valence-corrected chi connectivity index (χ4v) is 2.65. The topological polar surface area (TPSA) is 64.4 Å². The van der Waals surface area contributed by atoms with E-state index in [0.29, 0.717) is 23.8 Å². The van der Waals surface area contributed by atoms with Gasteiger partial charge in [0.1, 0.15) is 11.5 Å². The van der Waals surface area contributed by atoms with Crippen LogP contribution in [-0.4, -0.2) is 34.3 Å². The molecule has 2 aromatic carbocycles. The highest BCUT2D eigenvalue weighted by Crippen LogP contribution is 2.23. The Hall–Kier alpha value is -2.93. The lowest BCUT2D eigenvalue weighted by atomic mass is 10.2. The summed E-state index contributed by atoms with van der Waals surface area (Å²) in [6.07, 6.45) is 1.71. The zero-order chi connectivity index (χ0) is 18.4. The van der Waals surface area contributed by atoms with E-state index >= 15 is 0 Å². The lowest BCUT2D eigenvalue weighted by Crippen LogP contribution is -1.99. The van der Waals surface area contributed by atoms with Crippen molar-refractivity contribution in [1.82, 2.24) is 14.9 Å². The number of ether oxygens (including phenoxy) is 2. The first-order valence-electron chi connectivity index (χ1n) is 8.39. The molecular weight excluding hydrogens is 348 g/mol. The van der Waals surface area contributed by atoms with Gasteiger partial charge in [0.05, 0.1) is 19.4 Å². The normalized spacial score (nSPS) is 11.0. The van der Waals surface area contributed by atoms with Gasteiger partial charge >= 0.3 is 0 Å². The standard InChI is InChI=1S/C19H20N4O2S/c1-3-24-16-10-7-9-14(12-16)18-21-22-19(26)23(18)20-13-15-8-5-6-11-17(15)25-4-2/h5-13H,3-4H2,1-2H3,(H,22,26). The zero-order valence-electron chi connectivity index (χ0n) is 14.7. The van der Waals surface area contributed by atoms with Crippen LogP contribution in [0.15, 0.2) is 53.6 Å². The SMILES string of the molecule is CCOc1cccc(-c2n[nH]c(=S)n2N=Cc2ccccc2OCC)c1. The Balaban J connectivity index is 1.97. The van der Waals surface area contributed by atoms with Gasteiger partial charge in [-0.05, 0) is 50.3 Å². The first-order chi connectivity index (χ1) is 12.7. The second-order valence-corrected chi connectivity index (χ2v) is 5.73. The summed E-state index contributed by atoms with van der Waals surface area (Å²) < 4.78 is 13.2. The van der Waals surface area contributed by atoms with Crippen molar-refractivity contribution in [3.05, 3.63) is 58.9 Å². The largest absolute Gasteiger partial charge is 0.494 e. The van der Waals surface area contributed by atoms with Crippen LogP contribution in [0.1, 0.15) is 19.4 Å². The fourth-order valence-electron chi connectivity index (χ4n) is 2.47. The maximum absolute atomic E-state index is 5.63. The highest BCUT2D eigenvalue weighted by atomic mass is 32.1. The summed E-state index contributed by atoms with van der Waals surface area (Å²) in [6, 6.07) is 15.4. The smallest absolute Gasteiger partial charge is 0.216 e. The summed E-state index contributed by atoms with van der Waals surface area (Å²) in [6.45, 7) is 5.08. The number of hydrogen-bond donors (Lipinski definition) is 1. The maximum Gasteiger partial charge on any atom is 0.216 e. The Bertz CT molecular complexity index is 962. The van der Waals surface area contributed by atoms with Gasteiger partial charge < -0.3 is 9.47 Å². The van der Waals surface area contributed by atoms with E-state index in [1.807, 2.05) is 62.4 Å². The predicted molar refractivity (Wildman–Crippen MR) is 105 cm³/mol. The number of aromatic nitrogens is 3. The molecule has 0 saturated heterocycles. The fraction of sp³-hybridized carbons (Fsp3) is 0.211. The van der Waals surface area contributed by atoms with Crippen LogP contribution in [0.5, 0.6) is 11.5 Å². The van der Waals surface area contributed by atoms with E-state index in [-0.39, 0.29) is 0 Å². The highest BCUT2D eigenvalue weighted by molar-refractivity contribution is 7.71. The van der Waals surface area contributed by atoms with Gasteiger partial charge in [0.15, 0.2) is 5.82 Å². The Morgan fingerprint density at radius 2 is 1.92 bits per heavy atom. The summed E-state index contributed by atoms with van der Waals surface area (Å²) >= 11 is 5.33. The molecular formula is C19H20N4O2S. The van der Waals surface area contributed by atoms with Crippen LogP contribution < -0.4 is 9.47 Å². The van der Waals surface area contributed by atoms with Crippen molar-refractivity contribution in [2.24, 2.45) is 5.10 Å². The molecule has 134 valence electrons. The molecule has 0 saturated carbocycles. The second-order valence-electron chi connectivity index (χ2n) is 5.34. The molecule has 1 N–H and O–H groups in total. The predicted octanol–water partition coefficient (Wildman–Crippen LogP) is 4.29. The number of nitrogens with one attached hydrogen (secondary N) is 1. The van der Waals surface area contributed by atoms with Crippen LogP contribution in [0.2, 0.25) is 0 Å². The third-order valence-electron chi connectivity index (χ3n) is 3.58. The Kier molecular flexibility index (Phi) is 5.80. The average molecular weight is 368 g/mol. The molecule has 1 heterocycles. The quantitative estimate of drug-likeness (QED) is 0.499. The minimum absolute atomic E-state index is 0.409. The lowest BCUT2D eigenvalue weighted by molar-refractivity contribution is 0.339. The van der Waals surface area contributed by atoms with Crippen molar-refractivity contribution in [2.45, 2.75) is 13.8 Å². The molecule has 0 aliphatic carbocycles. The number of hydrogen-bond acceptors (Lipinski definition) is 5. The number of rotatable bonds is 7. The van der Waals surface area contributed by atoms with Crippen LogP contribution >= 0.6 is 12.2 Å². The molecule has 0 bridgehead atoms. The lowest BCUT2D eigenvalue weighted by Gasteiger charge is -2.07. The minimum Gasteiger partial charge on any atom is -0.494 e. The van der Waals surface area contributed by atoms with E-state index in [1.54, 1.807) is 10.9 Å². The van der Waals surface area contributed by atoms with E-state index in [9.17, 15) is 0 Å². The van der Waals surface area contributed by atoms with E-state index in [2.05, 4.69) is 15.3 Å². The van der Waals surface area contributed by atoms with Gasteiger partial charge in [0.25, 0.3) is 0 Å². The Morgan fingerprint density at radius 1 is 1.12 bits per heavy atom. The summed E-state index contributed by atoms with van der Waals surface area (Å²) in [5.74, 6) is 2.16. The monoisotopic (exact) mass is 368 g/mol. The van der Waals surface area contributed by atoms with Crippen LogP contribution in [0.3, 0.4) is 0 Å². The van der Waals surface area contributed by atoms with Gasteiger partial charge in [-0.3, -0.25) is 0 Å². The van der Waals surface area contributed by atoms with E-state index in [0.717, 1.165) is 22.6 Å². The van der Waals surface area contributed by atoms with Crippen molar-refractivity contribution >= 4 is 18.4 Å². The molecule has 0 amide bonds. The van der Waals surface area contributed by atoms with Gasteiger partial charge in [-0.1, -0.05) is 24.3 Å². The van der Waals surface area contributed by atoms with E-state index in [1.165, 1.54) is 0 Å². The number of benzene rings is 2. The molecule has 3 rings (SSSR count). The molecule has 0 unspecified atom stereocenters. The molecule has 0 radical (unpaired) electrons. The number of para-hydroxylation sites is 1. The molecule has 0 spiro atoms. The third kappa shape index (κ3) is 4.00. The van der Waals surface area contributed by atoms with Crippen molar-refractivity contribution in [3.63, 3.8) is 0 Å². The Labute approximate surface area is 157 Å². The van der Waals surface area contributed by atoms with Crippen LogP contribution in [0.25, 0.3) is 11.4 Å². The zero-order valence-corrected chi connectivity index (χ0v) is 15.5. The van der Waals surface area contributed by atoms with Gasteiger partial charge in [0, 0.05) is 11.1 Å². The highest BCUT2D eigenvalue weighted by Gasteiger charge is 2.09. The van der Waals surface area contributed by atoms with Crippen molar-refractivity contribution in [2.75, 3.05) is 13.2 Å². The molecule has 0 atom stereocenters. The Morgan fingerprint density at radius 3 is 2.73 bits per heavy atom. The van der Waals surface area contributed by atoms with E-state index in [4.69, 9.17) is 21.7 Å². The summed E-state index contributed by atoms with van der Waals surface area (Å²) in [7, 11) is 0. The van der Waals surface area contributed by atoms with Gasteiger partial charge in [-0.2, -0.15) is 14.9 Å². The molecule has 0 aliphatic heterocycles. The number of nitrogens with zero attached hydrogens (tertiary/aromatic N) is 3. The second kappa shape index (κ2) is 8.44. The summed E-state index contributed by atoms with van der Waals surface area (Å²) in [5, 5.41) is 11.6. The van der Waals surface area contributed by atoms with Crippen molar-refractivity contribution in [1.29, 1.82) is 0 Å². The number of H-pyrrole nitrogens is 1. The molecule has 0 aliphatic rings. The molecule has 26 heavy (non-hydrogen) atoms. The van der Waals surface area contributed by atoms with Crippen LogP contribution in [0.4, 0.5) is 0 Å². The summed E-state index contributed by atoms with van der Waals surface area (Å²) in [4.78, 5) is 0. The van der Waals surface area contributed by atoms with Crippen LogP contribution in [0, 0.1) is 4.77 Å². The molecule has 0 fully saturated rings. The maximum atomic E-state index is 5.63. The number of aromatic amines is 1. The first kappa shape index (κ1) is 17.9. The molecule has 1 aromatic heterocycles. The molecule has 7 heteroatoms. The van der Waals surface area contributed by atoms with E-state index < -0.39 is 0 Å². The van der Waals surface area contributed by atoms with Gasteiger partial charge in [0.2, 0.25) is 4.77 Å².